The topological polar surface area (TPSA) is 68.8 Å². The lowest BCUT2D eigenvalue weighted by Crippen LogP contribution is -2.45. The Morgan fingerprint density at radius 2 is 2.14 bits per heavy atom. The van der Waals surface area contributed by atoms with Gasteiger partial charge in [0, 0.05) is 38.6 Å². The number of carbonyl (C=O) groups excluding carboxylic acids is 1. The number of carbonyl (C=O) groups is 1. The molecule has 0 aliphatic carbocycles. The highest BCUT2D eigenvalue weighted by Crippen LogP contribution is 2.15. The Bertz CT molecular complexity index is 358. The average molecular weight is 311 g/mol. The van der Waals surface area contributed by atoms with Crippen molar-refractivity contribution >= 4 is 11.9 Å². The number of hydrogen-bond donors (Lipinski definition) is 3. The Morgan fingerprint density at radius 1 is 1.36 bits per heavy atom. The van der Waals surface area contributed by atoms with Crippen LogP contribution in [0.5, 0.6) is 0 Å². The first-order valence-electron chi connectivity index (χ1n) is 8.58. The predicted molar refractivity (Wildman–Crippen MR) is 92.1 cm³/mol. The molecule has 1 heterocycles. The largest absolute Gasteiger partial charge is 0.356 e. The summed E-state index contributed by atoms with van der Waals surface area (Å²) in [5.74, 6) is 0.865. The van der Waals surface area contributed by atoms with Gasteiger partial charge in [0.1, 0.15) is 0 Å². The first-order chi connectivity index (χ1) is 10.6. The third-order valence-corrected chi connectivity index (χ3v) is 4.30. The van der Waals surface area contributed by atoms with Gasteiger partial charge in [-0.2, -0.15) is 0 Å². The highest BCUT2D eigenvalue weighted by Gasteiger charge is 2.22. The van der Waals surface area contributed by atoms with Gasteiger partial charge >= 0.3 is 0 Å². The summed E-state index contributed by atoms with van der Waals surface area (Å²) in [5.41, 5.74) is 0. The third kappa shape index (κ3) is 6.64. The summed E-state index contributed by atoms with van der Waals surface area (Å²) in [6.07, 6.45) is 3.95. The van der Waals surface area contributed by atoms with Crippen molar-refractivity contribution in [3.05, 3.63) is 0 Å². The smallest absolute Gasteiger partial charge is 0.221 e. The van der Waals surface area contributed by atoms with E-state index in [2.05, 4.69) is 39.7 Å². The maximum absolute atomic E-state index is 11.7. The number of likely N-dealkylation sites (N-methyl/N-ethyl adjacent to an activating group) is 1. The van der Waals surface area contributed by atoms with E-state index >= 15 is 0 Å². The molecule has 0 aromatic heterocycles. The van der Waals surface area contributed by atoms with Crippen LogP contribution in [-0.2, 0) is 4.79 Å². The van der Waals surface area contributed by atoms with Crippen LogP contribution in [0.3, 0.4) is 0 Å². The number of hydrogen-bond acceptors (Lipinski definition) is 3. The van der Waals surface area contributed by atoms with Crippen molar-refractivity contribution in [1.82, 2.24) is 20.9 Å². The Morgan fingerprint density at radius 3 is 2.77 bits per heavy atom. The van der Waals surface area contributed by atoms with Crippen molar-refractivity contribution in [2.75, 3.05) is 33.2 Å². The molecule has 22 heavy (non-hydrogen) atoms. The normalized spacial score (nSPS) is 20.7. The number of likely N-dealkylation sites (tertiary alicyclic amines) is 1. The zero-order valence-corrected chi connectivity index (χ0v) is 14.6. The van der Waals surface area contributed by atoms with Gasteiger partial charge in [0.05, 0.1) is 0 Å². The summed E-state index contributed by atoms with van der Waals surface area (Å²) >= 11 is 0. The van der Waals surface area contributed by atoms with E-state index in [0.717, 1.165) is 25.5 Å². The molecule has 2 unspecified atom stereocenters. The molecule has 1 saturated heterocycles. The first-order valence-corrected chi connectivity index (χ1v) is 8.58. The number of guanidine groups is 1. The van der Waals surface area contributed by atoms with Gasteiger partial charge in [-0.05, 0) is 39.3 Å². The molecule has 0 bridgehead atoms. The second-order valence-electron chi connectivity index (χ2n) is 5.93. The van der Waals surface area contributed by atoms with Crippen LogP contribution in [-0.4, -0.2) is 62.1 Å². The second-order valence-corrected chi connectivity index (χ2v) is 5.93. The highest BCUT2D eigenvalue weighted by molar-refractivity contribution is 5.81. The molecule has 1 rings (SSSR count). The SMILES string of the molecule is CCC(C)NC(=O)CCNC(=NC)NCC1CCCN1CC. The molecule has 2 atom stereocenters. The Kier molecular flexibility index (Phi) is 8.89. The zero-order valence-electron chi connectivity index (χ0n) is 14.6. The highest BCUT2D eigenvalue weighted by atomic mass is 16.1. The lowest BCUT2D eigenvalue weighted by molar-refractivity contribution is -0.121. The quantitative estimate of drug-likeness (QED) is 0.461. The molecule has 3 N–H and O–H groups in total. The Labute approximate surface area is 135 Å². The molecule has 0 aromatic rings. The Balaban J connectivity index is 2.21. The molecule has 0 radical (unpaired) electrons. The number of amides is 1. The van der Waals surface area contributed by atoms with Crippen molar-refractivity contribution < 1.29 is 4.79 Å². The first kappa shape index (κ1) is 18.7. The van der Waals surface area contributed by atoms with Crippen LogP contribution in [0, 0.1) is 0 Å². The molecule has 1 amide bonds. The van der Waals surface area contributed by atoms with Crippen LogP contribution in [0.4, 0.5) is 0 Å². The number of rotatable bonds is 8. The van der Waals surface area contributed by atoms with Gasteiger partial charge in [-0.1, -0.05) is 13.8 Å². The van der Waals surface area contributed by atoms with Crippen molar-refractivity contribution in [3.8, 4) is 0 Å². The van der Waals surface area contributed by atoms with Gasteiger partial charge in [-0.25, -0.2) is 0 Å². The van der Waals surface area contributed by atoms with Crippen LogP contribution in [0.2, 0.25) is 0 Å². The fraction of sp³-hybridized carbons (Fsp3) is 0.875. The number of nitrogens with zero attached hydrogens (tertiary/aromatic N) is 2. The fourth-order valence-corrected chi connectivity index (χ4v) is 2.72. The lowest BCUT2D eigenvalue weighted by atomic mass is 10.2. The van der Waals surface area contributed by atoms with Gasteiger partial charge in [0.15, 0.2) is 5.96 Å². The zero-order chi connectivity index (χ0) is 16.4. The monoisotopic (exact) mass is 311 g/mol. The van der Waals surface area contributed by atoms with E-state index in [9.17, 15) is 4.79 Å². The van der Waals surface area contributed by atoms with Gasteiger partial charge in [0.2, 0.25) is 5.91 Å². The van der Waals surface area contributed by atoms with Gasteiger partial charge in [0.25, 0.3) is 0 Å². The molecule has 0 saturated carbocycles. The number of nitrogens with one attached hydrogen (secondary N) is 3. The molecule has 1 fully saturated rings. The predicted octanol–water partition coefficient (Wildman–Crippen LogP) is 0.941. The van der Waals surface area contributed by atoms with Crippen LogP contribution < -0.4 is 16.0 Å². The van der Waals surface area contributed by atoms with E-state index in [0.29, 0.717) is 19.0 Å². The lowest BCUT2D eigenvalue weighted by Gasteiger charge is -2.24. The average Bonchev–Trinajstić information content (AvgIpc) is 2.97. The molecule has 0 aromatic carbocycles. The van der Waals surface area contributed by atoms with Crippen molar-refractivity contribution in [2.24, 2.45) is 4.99 Å². The second kappa shape index (κ2) is 10.4. The van der Waals surface area contributed by atoms with Crippen LogP contribution in [0.25, 0.3) is 0 Å². The van der Waals surface area contributed by atoms with Crippen molar-refractivity contribution in [3.63, 3.8) is 0 Å². The van der Waals surface area contributed by atoms with Crippen molar-refractivity contribution in [1.29, 1.82) is 0 Å². The van der Waals surface area contributed by atoms with E-state index in [-0.39, 0.29) is 11.9 Å². The molecule has 1 aliphatic rings. The van der Waals surface area contributed by atoms with E-state index in [1.165, 1.54) is 19.4 Å². The fourth-order valence-electron chi connectivity index (χ4n) is 2.72. The minimum atomic E-state index is 0.0882. The summed E-state index contributed by atoms with van der Waals surface area (Å²) in [7, 11) is 1.76. The summed E-state index contributed by atoms with van der Waals surface area (Å²) in [5, 5.41) is 9.54. The molecule has 6 heteroatoms. The third-order valence-electron chi connectivity index (χ3n) is 4.30. The van der Waals surface area contributed by atoms with Gasteiger partial charge in [-0.3, -0.25) is 14.7 Å². The van der Waals surface area contributed by atoms with Crippen LogP contribution in [0.15, 0.2) is 4.99 Å². The summed E-state index contributed by atoms with van der Waals surface area (Å²) < 4.78 is 0. The molecule has 1 aliphatic heterocycles. The van der Waals surface area contributed by atoms with Gasteiger partial charge < -0.3 is 16.0 Å². The van der Waals surface area contributed by atoms with Gasteiger partial charge in [-0.15, -0.1) is 0 Å². The van der Waals surface area contributed by atoms with E-state index in [1.54, 1.807) is 7.05 Å². The van der Waals surface area contributed by atoms with Crippen LogP contribution >= 0.6 is 0 Å². The standard InChI is InChI=1S/C16H33N5O/c1-5-13(3)20-15(22)9-10-18-16(17-4)19-12-14-8-7-11-21(14)6-2/h13-14H,5-12H2,1-4H3,(H,20,22)(H2,17,18,19). The minimum absolute atomic E-state index is 0.0882. The molecule has 128 valence electrons. The minimum Gasteiger partial charge on any atom is -0.356 e. The maximum Gasteiger partial charge on any atom is 0.221 e. The summed E-state index contributed by atoms with van der Waals surface area (Å²) in [4.78, 5) is 18.4. The molecule has 6 nitrogen and oxygen atoms in total. The van der Waals surface area contributed by atoms with E-state index in [1.807, 2.05) is 6.92 Å². The number of aliphatic imine (C=N–C) groups is 1. The van der Waals surface area contributed by atoms with E-state index in [4.69, 9.17) is 0 Å². The maximum atomic E-state index is 11.7. The van der Waals surface area contributed by atoms with Crippen LogP contribution in [0.1, 0.15) is 46.5 Å². The molecular formula is C16H33N5O. The molecule has 0 spiro atoms. The summed E-state index contributed by atoms with van der Waals surface area (Å²) in [6.45, 7) is 10.1. The summed E-state index contributed by atoms with van der Waals surface area (Å²) in [6, 6.07) is 0.838. The van der Waals surface area contributed by atoms with Crippen molar-refractivity contribution in [2.45, 2.75) is 58.5 Å². The Hall–Kier alpha value is -1.30. The van der Waals surface area contributed by atoms with E-state index < -0.39 is 0 Å². The molecular weight excluding hydrogens is 278 g/mol.